The third-order valence-electron chi connectivity index (χ3n) is 3.01. The Morgan fingerprint density at radius 1 is 1.38 bits per heavy atom. The first-order chi connectivity index (χ1) is 9.77. The lowest BCUT2D eigenvalue weighted by Crippen LogP contribution is -2.64. The number of amides is 1. The average molecular weight is 308 g/mol. The van der Waals surface area contributed by atoms with Gasteiger partial charge < -0.3 is 41.0 Å². The molecule has 1 fully saturated rings. The van der Waals surface area contributed by atoms with E-state index in [1.165, 1.54) is 6.92 Å². The molecule has 10 heteroatoms. The highest BCUT2D eigenvalue weighted by Gasteiger charge is 2.45. The van der Waals surface area contributed by atoms with Crippen LogP contribution in [-0.4, -0.2) is 82.2 Å². The number of hydrogen-bond donors (Lipinski definition) is 6. The van der Waals surface area contributed by atoms with E-state index in [9.17, 15) is 19.8 Å². The van der Waals surface area contributed by atoms with Crippen LogP contribution in [0.5, 0.6) is 0 Å². The van der Waals surface area contributed by atoms with Gasteiger partial charge in [0.05, 0.1) is 13.2 Å². The van der Waals surface area contributed by atoms with Gasteiger partial charge in [-0.3, -0.25) is 9.59 Å². The lowest BCUT2D eigenvalue weighted by atomic mass is 9.97. The van der Waals surface area contributed by atoms with Gasteiger partial charge in [0.1, 0.15) is 30.4 Å². The van der Waals surface area contributed by atoms with Crippen LogP contribution < -0.4 is 11.1 Å². The van der Waals surface area contributed by atoms with Gasteiger partial charge in [-0.15, -0.1) is 0 Å². The molecule has 0 aromatic carbocycles. The van der Waals surface area contributed by atoms with E-state index in [1.54, 1.807) is 0 Å². The largest absolute Gasteiger partial charge is 0.480 e. The van der Waals surface area contributed by atoms with Gasteiger partial charge >= 0.3 is 5.97 Å². The zero-order valence-corrected chi connectivity index (χ0v) is 11.4. The normalized spacial score (nSPS) is 34.2. The molecule has 5 unspecified atom stereocenters. The molecule has 1 heterocycles. The Morgan fingerprint density at radius 3 is 2.48 bits per heavy atom. The van der Waals surface area contributed by atoms with Crippen molar-refractivity contribution in [2.45, 2.75) is 43.6 Å². The number of carbonyl (C=O) groups excluding carboxylic acids is 1. The summed E-state index contributed by atoms with van der Waals surface area (Å²) in [6.07, 6.45) is -5.27. The highest BCUT2D eigenvalue weighted by Crippen LogP contribution is 2.22. The summed E-state index contributed by atoms with van der Waals surface area (Å²) in [7, 11) is 0. The van der Waals surface area contributed by atoms with Crippen LogP contribution in [0.1, 0.15) is 6.92 Å². The first-order valence-electron chi connectivity index (χ1n) is 6.27. The van der Waals surface area contributed by atoms with E-state index in [0.717, 1.165) is 0 Å². The van der Waals surface area contributed by atoms with Crippen molar-refractivity contribution in [2.75, 3.05) is 13.2 Å². The number of aliphatic hydroxyl groups is 3. The molecule has 21 heavy (non-hydrogen) atoms. The summed E-state index contributed by atoms with van der Waals surface area (Å²) in [6.45, 7) is 0.171. The summed E-state index contributed by atoms with van der Waals surface area (Å²) in [5, 5.41) is 39.8. The Balaban J connectivity index is 2.78. The fraction of sp³-hybridized carbons (Fsp3) is 0.818. The molecule has 1 rings (SSSR count). The molecule has 1 aliphatic heterocycles. The Labute approximate surface area is 120 Å². The van der Waals surface area contributed by atoms with Gasteiger partial charge in [-0.1, -0.05) is 0 Å². The first-order valence-corrected chi connectivity index (χ1v) is 6.27. The van der Waals surface area contributed by atoms with Crippen molar-refractivity contribution >= 4 is 11.9 Å². The number of hydrogen-bond acceptors (Lipinski definition) is 8. The van der Waals surface area contributed by atoms with Crippen LogP contribution in [-0.2, 0) is 19.1 Å². The van der Waals surface area contributed by atoms with Gasteiger partial charge in [-0.2, -0.15) is 0 Å². The molecule has 0 aromatic rings. The molecular formula is C11H20N2O8. The van der Waals surface area contributed by atoms with Crippen molar-refractivity contribution in [3.63, 3.8) is 0 Å². The van der Waals surface area contributed by atoms with E-state index in [1.807, 2.05) is 0 Å². The van der Waals surface area contributed by atoms with Gasteiger partial charge in [-0.05, 0) is 0 Å². The highest BCUT2D eigenvalue weighted by atomic mass is 16.7. The molecule has 0 radical (unpaired) electrons. The summed E-state index contributed by atoms with van der Waals surface area (Å²) < 4.78 is 10.4. The van der Waals surface area contributed by atoms with Gasteiger partial charge in [0.25, 0.3) is 0 Å². The molecule has 7 N–H and O–H groups in total. The average Bonchev–Trinajstić information content (AvgIpc) is 2.42. The maximum atomic E-state index is 11.1. The van der Waals surface area contributed by atoms with E-state index >= 15 is 0 Å². The van der Waals surface area contributed by atoms with Crippen LogP contribution >= 0.6 is 0 Å². The molecular weight excluding hydrogens is 288 g/mol. The fourth-order valence-electron chi connectivity index (χ4n) is 1.88. The molecule has 0 saturated carbocycles. The summed E-state index contributed by atoms with van der Waals surface area (Å²) >= 11 is 0. The fourth-order valence-corrected chi connectivity index (χ4v) is 1.88. The smallest absolute Gasteiger partial charge is 0.322 e. The molecule has 10 nitrogen and oxygen atoms in total. The third-order valence-corrected chi connectivity index (χ3v) is 3.01. The van der Waals surface area contributed by atoms with Crippen molar-refractivity contribution in [3.8, 4) is 0 Å². The van der Waals surface area contributed by atoms with Crippen molar-refractivity contribution in [2.24, 2.45) is 5.73 Å². The molecule has 0 spiro atoms. The highest BCUT2D eigenvalue weighted by molar-refractivity contribution is 5.73. The van der Waals surface area contributed by atoms with Gasteiger partial charge in [-0.25, -0.2) is 0 Å². The van der Waals surface area contributed by atoms with E-state index < -0.39 is 61.8 Å². The molecule has 1 aliphatic rings. The van der Waals surface area contributed by atoms with Crippen molar-refractivity contribution in [1.82, 2.24) is 5.32 Å². The molecule has 122 valence electrons. The number of aliphatic hydroxyl groups excluding tert-OH is 3. The summed E-state index contributed by atoms with van der Waals surface area (Å²) in [5.41, 5.74) is 5.28. The number of rotatable bonds is 6. The van der Waals surface area contributed by atoms with Crippen molar-refractivity contribution < 1.29 is 39.5 Å². The van der Waals surface area contributed by atoms with E-state index in [0.29, 0.717) is 0 Å². The third kappa shape index (κ3) is 4.59. The van der Waals surface area contributed by atoms with Gasteiger partial charge in [0, 0.05) is 6.92 Å². The molecule has 0 aromatic heterocycles. The number of carbonyl (C=O) groups is 2. The van der Waals surface area contributed by atoms with Crippen molar-refractivity contribution in [3.05, 3.63) is 0 Å². The second kappa shape index (κ2) is 7.64. The number of carboxylic acids is 1. The van der Waals surface area contributed by atoms with Crippen LogP contribution in [0.3, 0.4) is 0 Å². The Kier molecular flexibility index (Phi) is 6.45. The van der Waals surface area contributed by atoms with Crippen LogP contribution in [0, 0.1) is 0 Å². The van der Waals surface area contributed by atoms with Crippen LogP contribution in [0.4, 0.5) is 0 Å². The van der Waals surface area contributed by atoms with Gasteiger partial charge in [0.2, 0.25) is 5.91 Å². The molecule has 0 bridgehead atoms. The number of aliphatic carboxylic acids is 1. The van der Waals surface area contributed by atoms with E-state index in [-0.39, 0.29) is 0 Å². The zero-order valence-electron chi connectivity index (χ0n) is 11.4. The minimum Gasteiger partial charge on any atom is -0.480 e. The van der Waals surface area contributed by atoms with Crippen LogP contribution in [0.2, 0.25) is 0 Å². The lowest BCUT2D eigenvalue weighted by Gasteiger charge is -2.42. The zero-order chi connectivity index (χ0) is 16.2. The number of carboxylic acid groups (broad SMARTS) is 1. The predicted molar refractivity (Wildman–Crippen MR) is 66.9 cm³/mol. The minimum atomic E-state index is -1.45. The van der Waals surface area contributed by atoms with E-state index in [4.69, 9.17) is 25.4 Å². The van der Waals surface area contributed by atoms with Crippen molar-refractivity contribution in [1.29, 1.82) is 0 Å². The first kappa shape index (κ1) is 17.8. The van der Waals surface area contributed by atoms with Crippen LogP contribution in [0.25, 0.3) is 0 Å². The molecule has 6 atom stereocenters. The molecule has 1 amide bonds. The second-order valence-electron chi connectivity index (χ2n) is 4.71. The Bertz CT molecular complexity index is 379. The molecule has 0 aliphatic carbocycles. The standard InChI is InChI=1S/C11H20N2O8/c1-4(15)13-7-9(17)8(16)6(2-14)21-11(7)20-3-5(12)10(18)19/h5-9,11,14,16-17H,2-3,12H2,1H3,(H,13,15)(H,18,19)/t5-,6?,7?,8?,9?,11?/m1/s1. The predicted octanol–water partition coefficient (Wildman–Crippen LogP) is -3.64. The molecule has 1 saturated heterocycles. The monoisotopic (exact) mass is 308 g/mol. The SMILES string of the molecule is CC(=O)NC1C(OC[C@@H](N)C(=O)O)OC(CO)C(O)C1O. The number of nitrogens with two attached hydrogens (primary N) is 1. The topological polar surface area (TPSA) is 172 Å². The number of nitrogens with one attached hydrogen (secondary N) is 1. The Hall–Kier alpha value is -1.30. The summed E-state index contributed by atoms with van der Waals surface area (Å²) in [4.78, 5) is 21.7. The minimum absolute atomic E-state index is 0.433. The van der Waals surface area contributed by atoms with E-state index in [2.05, 4.69) is 5.32 Å². The second-order valence-corrected chi connectivity index (χ2v) is 4.71. The number of ether oxygens (including phenoxy) is 2. The quantitative estimate of drug-likeness (QED) is 0.289. The maximum Gasteiger partial charge on any atom is 0.322 e. The summed E-state index contributed by atoms with van der Waals surface area (Å²) in [5.74, 6) is -1.80. The maximum absolute atomic E-state index is 11.1. The Morgan fingerprint density at radius 2 is 2.00 bits per heavy atom. The van der Waals surface area contributed by atoms with Gasteiger partial charge in [0.15, 0.2) is 6.29 Å². The summed E-state index contributed by atoms with van der Waals surface area (Å²) in [6, 6.07) is -2.44. The van der Waals surface area contributed by atoms with Crippen LogP contribution in [0.15, 0.2) is 0 Å². The lowest BCUT2D eigenvalue weighted by molar-refractivity contribution is -0.270.